The molecular weight excluding hydrogens is 242 g/mol. The highest BCUT2D eigenvalue weighted by molar-refractivity contribution is 5.75. The van der Waals surface area contributed by atoms with Gasteiger partial charge < -0.3 is 15.0 Å². The number of hydrogen-bond donors (Lipinski definition) is 2. The van der Waals surface area contributed by atoms with Crippen LogP contribution in [0.1, 0.15) is 12.0 Å². The molecule has 2 unspecified atom stereocenters. The Morgan fingerprint density at radius 2 is 2.42 bits per heavy atom. The quantitative estimate of drug-likeness (QED) is 0.854. The van der Waals surface area contributed by atoms with E-state index < -0.39 is 5.97 Å². The van der Waals surface area contributed by atoms with Crippen LogP contribution in [0.15, 0.2) is 24.5 Å². The first kappa shape index (κ1) is 12.2. The number of aromatic nitrogens is 2. The van der Waals surface area contributed by atoms with Gasteiger partial charge in [-0.25, -0.2) is 4.98 Å². The standard InChI is InChI=1S/C14H17N3O2/c1-17(13-7-10(13)14(18)19)5-4-9-2-3-11-12(6-9)16-8-15-11/h2-3,6,8,10,13H,4-5,7H2,1H3,(H,15,16)(H,18,19). The molecular formula is C14H17N3O2. The molecule has 1 aliphatic rings. The van der Waals surface area contributed by atoms with Crippen LogP contribution in [0.25, 0.3) is 11.0 Å². The average molecular weight is 259 g/mol. The van der Waals surface area contributed by atoms with Crippen LogP contribution in [0.5, 0.6) is 0 Å². The van der Waals surface area contributed by atoms with E-state index in [1.54, 1.807) is 6.33 Å². The van der Waals surface area contributed by atoms with E-state index in [0.717, 1.165) is 30.4 Å². The molecule has 19 heavy (non-hydrogen) atoms. The fourth-order valence-electron chi connectivity index (χ4n) is 2.54. The van der Waals surface area contributed by atoms with Gasteiger partial charge in [0.25, 0.3) is 0 Å². The minimum atomic E-state index is -0.671. The number of nitrogens with one attached hydrogen (secondary N) is 1. The lowest BCUT2D eigenvalue weighted by Crippen LogP contribution is -2.26. The van der Waals surface area contributed by atoms with Gasteiger partial charge in [-0.2, -0.15) is 0 Å². The average Bonchev–Trinajstić information content (AvgIpc) is 3.07. The SMILES string of the molecule is CN(CCc1ccc2nc[nH]c2c1)C1CC1C(=O)O. The van der Waals surface area contributed by atoms with Gasteiger partial charge in [-0.1, -0.05) is 6.07 Å². The summed E-state index contributed by atoms with van der Waals surface area (Å²) < 4.78 is 0. The van der Waals surface area contributed by atoms with Gasteiger partial charge in [0.1, 0.15) is 0 Å². The fraction of sp³-hybridized carbons (Fsp3) is 0.429. The lowest BCUT2D eigenvalue weighted by molar-refractivity contribution is -0.138. The Hall–Kier alpha value is -1.88. The number of imidazole rings is 1. The van der Waals surface area contributed by atoms with E-state index >= 15 is 0 Å². The molecule has 3 rings (SSSR count). The summed E-state index contributed by atoms with van der Waals surface area (Å²) in [6.07, 6.45) is 3.40. The number of aliphatic carboxylic acids is 1. The minimum absolute atomic E-state index is 0.167. The van der Waals surface area contributed by atoms with Crippen molar-refractivity contribution < 1.29 is 9.90 Å². The van der Waals surface area contributed by atoms with Gasteiger partial charge in [0.2, 0.25) is 0 Å². The number of carboxylic acids is 1. The Morgan fingerprint density at radius 3 is 3.16 bits per heavy atom. The minimum Gasteiger partial charge on any atom is -0.481 e. The molecule has 5 heteroatoms. The molecule has 5 nitrogen and oxygen atoms in total. The number of nitrogens with zero attached hydrogens (tertiary/aromatic N) is 2. The van der Waals surface area contributed by atoms with Crippen molar-refractivity contribution in [2.75, 3.05) is 13.6 Å². The summed E-state index contributed by atoms with van der Waals surface area (Å²) in [5.41, 5.74) is 3.27. The molecule has 2 aromatic rings. The summed E-state index contributed by atoms with van der Waals surface area (Å²) in [6.45, 7) is 0.883. The zero-order valence-electron chi connectivity index (χ0n) is 10.8. The maximum Gasteiger partial charge on any atom is 0.308 e. The molecule has 1 aromatic heterocycles. The fourth-order valence-corrected chi connectivity index (χ4v) is 2.54. The van der Waals surface area contributed by atoms with Gasteiger partial charge in [0, 0.05) is 12.6 Å². The van der Waals surface area contributed by atoms with Crippen LogP contribution in [0.2, 0.25) is 0 Å². The third-order valence-corrected chi connectivity index (χ3v) is 3.88. The highest BCUT2D eigenvalue weighted by Gasteiger charge is 2.45. The van der Waals surface area contributed by atoms with Crippen LogP contribution in [-0.4, -0.2) is 45.6 Å². The van der Waals surface area contributed by atoms with Crippen molar-refractivity contribution in [1.29, 1.82) is 0 Å². The van der Waals surface area contributed by atoms with Gasteiger partial charge >= 0.3 is 5.97 Å². The Balaban J connectivity index is 1.58. The van der Waals surface area contributed by atoms with Crippen LogP contribution in [0.4, 0.5) is 0 Å². The van der Waals surface area contributed by atoms with Crippen molar-refractivity contribution in [2.24, 2.45) is 5.92 Å². The predicted octanol–water partition coefficient (Wildman–Crippen LogP) is 1.51. The molecule has 1 aliphatic carbocycles. The number of rotatable bonds is 5. The maximum atomic E-state index is 10.8. The van der Waals surface area contributed by atoms with E-state index in [2.05, 4.69) is 27.0 Å². The Morgan fingerprint density at radius 1 is 1.58 bits per heavy atom. The number of aromatic amines is 1. The highest BCUT2D eigenvalue weighted by atomic mass is 16.4. The van der Waals surface area contributed by atoms with E-state index in [4.69, 9.17) is 5.11 Å². The van der Waals surface area contributed by atoms with Gasteiger partial charge in [-0.05, 0) is 37.6 Å². The van der Waals surface area contributed by atoms with Crippen molar-refractivity contribution in [1.82, 2.24) is 14.9 Å². The molecule has 0 radical (unpaired) electrons. The van der Waals surface area contributed by atoms with Crippen molar-refractivity contribution in [3.63, 3.8) is 0 Å². The second kappa shape index (κ2) is 4.66. The molecule has 1 fully saturated rings. The summed E-state index contributed by atoms with van der Waals surface area (Å²) in [7, 11) is 2.00. The summed E-state index contributed by atoms with van der Waals surface area (Å²) in [6, 6.07) is 6.42. The third-order valence-electron chi connectivity index (χ3n) is 3.88. The molecule has 0 spiro atoms. The summed E-state index contributed by atoms with van der Waals surface area (Å²) in [5.74, 6) is -0.837. The predicted molar refractivity (Wildman–Crippen MR) is 72.0 cm³/mol. The van der Waals surface area contributed by atoms with Crippen LogP contribution in [-0.2, 0) is 11.2 Å². The lowest BCUT2D eigenvalue weighted by Gasteiger charge is -2.16. The molecule has 2 atom stereocenters. The lowest BCUT2D eigenvalue weighted by atomic mass is 10.1. The molecule has 1 aromatic carbocycles. The number of hydrogen-bond acceptors (Lipinski definition) is 3. The van der Waals surface area contributed by atoms with Gasteiger partial charge in [-0.15, -0.1) is 0 Å². The first-order chi connectivity index (χ1) is 9.15. The van der Waals surface area contributed by atoms with Crippen LogP contribution in [0, 0.1) is 5.92 Å². The normalized spacial score (nSPS) is 22.0. The van der Waals surface area contributed by atoms with Crippen LogP contribution < -0.4 is 0 Å². The zero-order chi connectivity index (χ0) is 13.4. The molecule has 1 heterocycles. The molecule has 100 valence electrons. The van der Waals surface area contributed by atoms with Crippen molar-refractivity contribution in [2.45, 2.75) is 18.9 Å². The Labute approximate surface area is 111 Å². The second-order valence-electron chi connectivity index (χ2n) is 5.23. The van der Waals surface area contributed by atoms with E-state index in [1.165, 1.54) is 5.56 Å². The smallest absolute Gasteiger partial charge is 0.308 e. The summed E-state index contributed by atoms with van der Waals surface area (Å²) in [4.78, 5) is 20.3. The van der Waals surface area contributed by atoms with E-state index in [-0.39, 0.29) is 12.0 Å². The first-order valence-electron chi connectivity index (χ1n) is 6.50. The molecule has 0 saturated heterocycles. The van der Waals surface area contributed by atoms with Crippen molar-refractivity contribution in [3.8, 4) is 0 Å². The molecule has 0 amide bonds. The number of carboxylic acid groups (broad SMARTS) is 1. The molecule has 0 bridgehead atoms. The number of likely N-dealkylation sites (N-methyl/N-ethyl adjacent to an activating group) is 1. The topological polar surface area (TPSA) is 69.2 Å². The zero-order valence-corrected chi connectivity index (χ0v) is 10.8. The molecule has 0 aliphatic heterocycles. The third kappa shape index (κ3) is 2.46. The van der Waals surface area contributed by atoms with Crippen LogP contribution in [0.3, 0.4) is 0 Å². The highest BCUT2D eigenvalue weighted by Crippen LogP contribution is 2.35. The van der Waals surface area contributed by atoms with Crippen LogP contribution >= 0.6 is 0 Å². The second-order valence-corrected chi connectivity index (χ2v) is 5.23. The van der Waals surface area contributed by atoms with E-state index in [0.29, 0.717) is 0 Å². The summed E-state index contributed by atoms with van der Waals surface area (Å²) >= 11 is 0. The van der Waals surface area contributed by atoms with Gasteiger partial charge in [-0.3, -0.25) is 4.79 Å². The van der Waals surface area contributed by atoms with Gasteiger partial charge in [0.15, 0.2) is 0 Å². The molecule has 2 N–H and O–H groups in total. The van der Waals surface area contributed by atoms with Gasteiger partial charge in [0.05, 0.1) is 23.3 Å². The largest absolute Gasteiger partial charge is 0.481 e. The van der Waals surface area contributed by atoms with Crippen molar-refractivity contribution in [3.05, 3.63) is 30.1 Å². The van der Waals surface area contributed by atoms with Crippen molar-refractivity contribution >= 4 is 17.0 Å². The monoisotopic (exact) mass is 259 g/mol. The summed E-state index contributed by atoms with van der Waals surface area (Å²) in [5, 5.41) is 8.91. The number of fused-ring (bicyclic) bond motifs is 1. The Bertz CT molecular complexity index is 608. The number of carbonyl (C=O) groups is 1. The maximum absolute atomic E-state index is 10.8. The Kier molecular flexibility index (Phi) is 2.98. The molecule has 1 saturated carbocycles. The number of H-pyrrole nitrogens is 1. The van der Waals surface area contributed by atoms with E-state index in [1.807, 2.05) is 13.1 Å². The first-order valence-corrected chi connectivity index (χ1v) is 6.50. The number of benzene rings is 1. The van der Waals surface area contributed by atoms with E-state index in [9.17, 15) is 4.79 Å².